The second kappa shape index (κ2) is 8.12. The van der Waals surface area contributed by atoms with Crippen LogP contribution >= 0.6 is 11.6 Å². The number of esters is 1. The number of anilines is 1. The molecule has 0 aliphatic carbocycles. The molecule has 1 heterocycles. The zero-order valence-electron chi connectivity index (χ0n) is 13.6. The molecule has 1 aromatic rings. The van der Waals surface area contributed by atoms with Crippen LogP contribution in [0.5, 0.6) is 0 Å². The molecular weight excluding hydrogens is 334 g/mol. The predicted octanol–water partition coefficient (Wildman–Crippen LogP) is -0.467. The summed E-state index contributed by atoms with van der Waals surface area (Å²) in [6, 6.07) is 4.58. The van der Waals surface area contributed by atoms with Crippen LogP contribution in [0.3, 0.4) is 0 Å². The first-order valence-electron chi connectivity index (χ1n) is 7.66. The van der Waals surface area contributed by atoms with Gasteiger partial charge in [0.2, 0.25) is 0 Å². The third-order valence-corrected chi connectivity index (χ3v) is 4.24. The van der Waals surface area contributed by atoms with Crippen LogP contribution < -0.4 is 15.5 Å². The molecule has 0 radical (unpaired) electrons. The number of halogens is 1. The van der Waals surface area contributed by atoms with E-state index in [0.29, 0.717) is 23.8 Å². The molecule has 0 saturated carbocycles. The van der Waals surface area contributed by atoms with Crippen molar-refractivity contribution in [2.24, 2.45) is 0 Å². The molecule has 3 N–H and O–H groups in total. The second-order valence-corrected chi connectivity index (χ2v) is 6.15. The number of piperazine rings is 1. The summed E-state index contributed by atoms with van der Waals surface area (Å²) in [5.41, 5.74) is 1.53. The lowest BCUT2D eigenvalue weighted by molar-refractivity contribution is -0.909. The van der Waals surface area contributed by atoms with Gasteiger partial charge in [-0.05, 0) is 30.7 Å². The Morgan fingerprint density at radius 2 is 2.21 bits per heavy atom. The van der Waals surface area contributed by atoms with Crippen LogP contribution in [0.2, 0.25) is 5.02 Å². The SMILES string of the molecule is COC(=O)C[C@H]1C(=O)NCC[NH+]1CC(=O)Nc1ccc(Cl)cc1C. The largest absolute Gasteiger partial charge is 0.469 e. The van der Waals surface area contributed by atoms with Crippen molar-refractivity contribution in [2.75, 3.05) is 32.1 Å². The van der Waals surface area contributed by atoms with Crippen LogP contribution in [0.15, 0.2) is 18.2 Å². The van der Waals surface area contributed by atoms with Crippen LogP contribution in [-0.4, -0.2) is 50.6 Å². The predicted molar refractivity (Wildman–Crippen MR) is 88.9 cm³/mol. The number of ether oxygens (including phenoxy) is 1. The van der Waals surface area contributed by atoms with E-state index in [4.69, 9.17) is 11.6 Å². The number of amides is 2. The van der Waals surface area contributed by atoms with Crippen LogP contribution in [0.1, 0.15) is 12.0 Å². The van der Waals surface area contributed by atoms with E-state index in [-0.39, 0.29) is 24.8 Å². The molecule has 2 atom stereocenters. The smallest absolute Gasteiger partial charge is 0.312 e. The van der Waals surface area contributed by atoms with Crippen LogP contribution in [-0.2, 0) is 19.1 Å². The van der Waals surface area contributed by atoms with Gasteiger partial charge in [-0.3, -0.25) is 14.4 Å². The number of rotatable bonds is 5. The van der Waals surface area contributed by atoms with Crippen molar-refractivity contribution in [3.05, 3.63) is 28.8 Å². The molecule has 2 amide bonds. The highest BCUT2D eigenvalue weighted by Crippen LogP contribution is 2.19. The molecule has 8 heteroatoms. The molecule has 0 bridgehead atoms. The lowest BCUT2D eigenvalue weighted by Gasteiger charge is -2.30. The van der Waals surface area contributed by atoms with Crippen molar-refractivity contribution >= 4 is 35.1 Å². The summed E-state index contributed by atoms with van der Waals surface area (Å²) in [6.45, 7) is 2.99. The lowest BCUT2D eigenvalue weighted by atomic mass is 10.1. The summed E-state index contributed by atoms with van der Waals surface area (Å²) in [5.74, 6) is -0.930. The summed E-state index contributed by atoms with van der Waals surface area (Å²) in [6.07, 6.45) is -0.0507. The van der Waals surface area contributed by atoms with Gasteiger partial charge in [-0.15, -0.1) is 0 Å². The fourth-order valence-electron chi connectivity index (χ4n) is 2.70. The van der Waals surface area contributed by atoms with E-state index in [1.165, 1.54) is 7.11 Å². The van der Waals surface area contributed by atoms with Gasteiger partial charge >= 0.3 is 5.97 Å². The molecule has 0 spiro atoms. The molecule has 1 fully saturated rings. The maximum absolute atomic E-state index is 12.3. The number of aryl methyl sites for hydroxylation is 1. The molecule has 1 aromatic carbocycles. The number of hydrogen-bond acceptors (Lipinski definition) is 4. The molecule has 1 saturated heterocycles. The minimum absolute atomic E-state index is 0.0507. The molecule has 1 unspecified atom stereocenters. The van der Waals surface area contributed by atoms with Crippen molar-refractivity contribution in [1.29, 1.82) is 0 Å². The Hall–Kier alpha value is -2.12. The Kier molecular flexibility index (Phi) is 6.16. The normalized spacial score (nSPS) is 20.2. The monoisotopic (exact) mass is 354 g/mol. The Balaban J connectivity index is 2.02. The zero-order chi connectivity index (χ0) is 17.7. The quantitative estimate of drug-likeness (QED) is 0.624. The summed E-state index contributed by atoms with van der Waals surface area (Å²) in [5, 5.41) is 6.14. The molecule has 7 nitrogen and oxygen atoms in total. The van der Waals surface area contributed by atoms with E-state index >= 15 is 0 Å². The molecule has 2 rings (SSSR count). The maximum Gasteiger partial charge on any atom is 0.312 e. The molecule has 24 heavy (non-hydrogen) atoms. The average molecular weight is 355 g/mol. The van der Waals surface area contributed by atoms with Crippen molar-refractivity contribution in [3.63, 3.8) is 0 Å². The first-order valence-corrected chi connectivity index (χ1v) is 8.03. The van der Waals surface area contributed by atoms with Gasteiger partial charge in [-0.1, -0.05) is 11.6 Å². The van der Waals surface area contributed by atoms with Crippen molar-refractivity contribution in [1.82, 2.24) is 5.32 Å². The minimum atomic E-state index is -0.622. The Morgan fingerprint density at radius 3 is 2.88 bits per heavy atom. The summed E-state index contributed by atoms with van der Waals surface area (Å²) >= 11 is 5.90. The topological polar surface area (TPSA) is 88.9 Å². The van der Waals surface area contributed by atoms with Gasteiger partial charge in [0.25, 0.3) is 11.8 Å². The second-order valence-electron chi connectivity index (χ2n) is 5.72. The standard InChI is InChI=1S/C16H20ClN3O4/c1-10-7-11(17)3-4-12(10)19-14(21)9-20-6-5-18-16(23)13(20)8-15(22)24-2/h3-4,7,13H,5-6,8-9H2,1-2H3,(H,18,23)(H,19,21)/p+1/t13-/m0/s1. The number of carbonyl (C=O) groups is 3. The lowest BCUT2D eigenvalue weighted by Crippen LogP contribution is -3.20. The van der Waals surface area contributed by atoms with Gasteiger partial charge in [0.15, 0.2) is 12.6 Å². The van der Waals surface area contributed by atoms with Gasteiger partial charge in [-0.2, -0.15) is 0 Å². The van der Waals surface area contributed by atoms with Crippen molar-refractivity contribution in [3.8, 4) is 0 Å². The molecular formula is C16H21ClN3O4+. The van der Waals surface area contributed by atoms with E-state index in [9.17, 15) is 14.4 Å². The van der Waals surface area contributed by atoms with Gasteiger partial charge < -0.3 is 20.3 Å². The number of methoxy groups -OCH3 is 1. The number of carbonyl (C=O) groups excluding carboxylic acids is 3. The van der Waals surface area contributed by atoms with Crippen molar-refractivity contribution in [2.45, 2.75) is 19.4 Å². The highest BCUT2D eigenvalue weighted by molar-refractivity contribution is 6.30. The minimum Gasteiger partial charge on any atom is -0.469 e. The van der Waals surface area contributed by atoms with Gasteiger partial charge in [-0.25, -0.2) is 0 Å². The van der Waals surface area contributed by atoms with Crippen molar-refractivity contribution < 1.29 is 24.0 Å². The van der Waals surface area contributed by atoms with Gasteiger partial charge in [0.1, 0.15) is 6.42 Å². The van der Waals surface area contributed by atoms with E-state index < -0.39 is 12.0 Å². The van der Waals surface area contributed by atoms with E-state index in [2.05, 4.69) is 15.4 Å². The Labute approximate surface area is 145 Å². The van der Waals surface area contributed by atoms with E-state index in [1.807, 2.05) is 6.92 Å². The van der Waals surface area contributed by atoms with Crippen LogP contribution in [0.4, 0.5) is 5.69 Å². The number of quaternary nitrogens is 1. The molecule has 1 aliphatic heterocycles. The summed E-state index contributed by atoms with van der Waals surface area (Å²) < 4.78 is 4.63. The number of nitrogens with one attached hydrogen (secondary N) is 3. The molecule has 130 valence electrons. The fourth-order valence-corrected chi connectivity index (χ4v) is 2.92. The maximum atomic E-state index is 12.3. The van der Waals surface area contributed by atoms with Gasteiger partial charge in [0, 0.05) is 10.7 Å². The third-order valence-electron chi connectivity index (χ3n) is 4.00. The highest BCUT2D eigenvalue weighted by Gasteiger charge is 2.36. The summed E-state index contributed by atoms with van der Waals surface area (Å²) in [7, 11) is 1.28. The summed E-state index contributed by atoms with van der Waals surface area (Å²) in [4.78, 5) is 36.6. The molecule has 1 aliphatic rings. The fraction of sp³-hybridized carbons (Fsp3) is 0.438. The van der Waals surface area contributed by atoms with Crippen LogP contribution in [0, 0.1) is 6.92 Å². The van der Waals surface area contributed by atoms with Crippen LogP contribution in [0.25, 0.3) is 0 Å². The molecule has 0 aromatic heterocycles. The van der Waals surface area contributed by atoms with E-state index in [1.54, 1.807) is 18.2 Å². The average Bonchev–Trinajstić information content (AvgIpc) is 2.53. The third kappa shape index (κ3) is 4.69. The Morgan fingerprint density at radius 1 is 1.46 bits per heavy atom. The first-order chi connectivity index (χ1) is 11.4. The zero-order valence-corrected chi connectivity index (χ0v) is 14.4. The number of benzene rings is 1. The Bertz CT molecular complexity index is 650. The van der Waals surface area contributed by atoms with E-state index in [0.717, 1.165) is 10.5 Å². The highest BCUT2D eigenvalue weighted by atomic mass is 35.5. The first kappa shape index (κ1) is 18.2. The van der Waals surface area contributed by atoms with Gasteiger partial charge in [0.05, 0.1) is 20.2 Å². The number of hydrogen-bond donors (Lipinski definition) is 3.